The number of carbonyl (C=O) groups excluding carboxylic acids is 1. The Morgan fingerprint density at radius 3 is 2.59 bits per heavy atom. The van der Waals surface area contributed by atoms with Crippen LogP contribution in [0.1, 0.15) is 6.92 Å². The monoisotopic (exact) mass is 306 g/mol. The zero-order chi connectivity index (χ0) is 16.1. The van der Waals surface area contributed by atoms with E-state index in [1.807, 2.05) is 0 Å². The molecule has 0 aliphatic rings. The molecule has 0 saturated carbocycles. The highest BCUT2D eigenvalue weighted by atomic mass is 19.1. The van der Waals surface area contributed by atoms with Crippen LogP contribution in [0.2, 0.25) is 0 Å². The van der Waals surface area contributed by atoms with Gasteiger partial charge in [-0.2, -0.15) is 0 Å². The molecule has 0 saturated heterocycles. The third-order valence-electron chi connectivity index (χ3n) is 3.06. The van der Waals surface area contributed by atoms with Crippen LogP contribution in [-0.2, 0) is 4.79 Å². The molecule has 0 aliphatic carbocycles. The Hall–Kier alpha value is -2.63. The van der Waals surface area contributed by atoms with Gasteiger partial charge >= 0.3 is 0 Å². The maximum absolute atomic E-state index is 13.5. The Morgan fingerprint density at radius 2 is 1.86 bits per heavy atom. The average Bonchev–Trinajstić information content (AvgIpc) is 2.51. The second-order valence-corrected chi connectivity index (χ2v) is 4.68. The van der Waals surface area contributed by atoms with Crippen molar-refractivity contribution in [3.05, 3.63) is 54.1 Å². The van der Waals surface area contributed by atoms with Crippen LogP contribution in [0.3, 0.4) is 0 Å². The molecule has 2 rings (SSSR count). The third-order valence-corrected chi connectivity index (χ3v) is 3.06. The van der Waals surface area contributed by atoms with Crippen molar-refractivity contribution < 1.29 is 18.3 Å². The Morgan fingerprint density at radius 1 is 1.14 bits per heavy atom. The average molecular weight is 306 g/mol. The predicted molar refractivity (Wildman–Crippen MR) is 81.1 cm³/mol. The van der Waals surface area contributed by atoms with E-state index in [2.05, 4.69) is 10.6 Å². The van der Waals surface area contributed by atoms with Gasteiger partial charge in [0, 0.05) is 6.07 Å². The first-order valence-corrected chi connectivity index (χ1v) is 6.66. The summed E-state index contributed by atoms with van der Waals surface area (Å²) < 4.78 is 31.8. The quantitative estimate of drug-likeness (QED) is 0.890. The number of ether oxygens (including phenoxy) is 1. The summed E-state index contributed by atoms with van der Waals surface area (Å²) in [6.07, 6.45) is 0. The standard InChI is InChI=1S/C16H16F2N2O2/c1-10(19-13-5-3-4-6-15(13)22-2)16(21)20-14-9-11(17)7-8-12(14)18/h3-10,19H,1-2H3,(H,20,21)/t10-/m0/s1. The van der Waals surface area contributed by atoms with Crippen molar-refractivity contribution in [1.82, 2.24) is 0 Å². The fourth-order valence-corrected chi connectivity index (χ4v) is 1.90. The summed E-state index contributed by atoms with van der Waals surface area (Å²) in [5.41, 5.74) is 0.436. The van der Waals surface area contributed by atoms with Crippen LogP contribution in [0.5, 0.6) is 5.75 Å². The molecular formula is C16H16F2N2O2. The third kappa shape index (κ3) is 3.72. The van der Waals surface area contributed by atoms with Crippen LogP contribution < -0.4 is 15.4 Å². The highest BCUT2D eigenvalue weighted by molar-refractivity contribution is 5.96. The lowest BCUT2D eigenvalue weighted by atomic mass is 10.2. The summed E-state index contributed by atoms with van der Waals surface area (Å²) in [7, 11) is 1.52. The van der Waals surface area contributed by atoms with E-state index in [0.29, 0.717) is 11.4 Å². The van der Waals surface area contributed by atoms with E-state index >= 15 is 0 Å². The first-order valence-electron chi connectivity index (χ1n) is 6.66. The fraction of sp³-hybridized carbons (Fsp3) is 0.188. The Bertz CT molecular complexity index is 677. The lowest BCUT2D eigenvalue weighted by Crippen LogP contribution is -2.32. The summed E-state index contributed by atoms with van der Waals surface area (Å²) in [6, 6.07) is 9.32. The molecule has 1 atom stereocenters. The summed E-state index contributed by atoms with van der Waals surface area (Å²) in [4.78, 5) is 12.1. The van der Waals surface area contributed by atoms with Crippen LogP contribution in [-0.4, -0.2) is 19.1 Å². The molecule has 0 aliphatic heterocycles. The van der Waals surface area contributed by atoms with Gasteiger partial charge in [0.15, 0.2) is 0 Å². The molecule has 0 aromatic heterocycles. The van der Waals surface area contributed by atoms with E-state index in [1.165, 1.54) is 7.11 Å². The number of carbonyl (C=O) groups is 1. The molecule has 6 heteroatoms. The van der Waals surface area contributed by atoms with E-state index in [1.54, 1.807) is 31.2 Å². The molecular weight excluding hydrogens is 290 g/mol. The van der Waals surface area contributed by atoms with E-state index in [-0.39, 0.29) is 5.69 Å². The number of nitrogens with one attached hydrogen (secondary N) is 2. The SMILES string of the molecule is COc1ccccc1N[C@@H](C)C(=O)Nc1cc(F)ccc1F. The first kappa shape index (κ1) is 15.8. The minimum absolute atomic E-state index is 0.196. The number of hydrogen-bond donors (Lipinski definition) is 2. The molecule has 0 fully saturated rings. The molecule has 4 nitrogen and oxygen atoms in total. The van der Waals surface area contributed by atoms with Crippen molar-refractivity contribution >= 4 is 17.3 Å². The maximum Gasteiger partial charge on any atom is 0.246 e. The van der Waals surface area contributed by atoms with Crippen molar-refractivity contribution in [2.45, 2.75) is 13.0 Å². The summed E-state index contributed by atoms with van der Waals surface area (Å²) in [6.45, 7) is 1.61. The molecule has 0 spiro atoms. The zero-order valence-electron chi connectivity index (χ0n) is 12.2. The maximum atomic E-state index is 13.5. The second kappa shape index (κ2) is 6.89. The van der Waals surface area contributed by atoms with Gasteiger partial charge in [0.25, 0.3) is 0 Å². The lowest BCUT2D eigenvalue weighted by Gasteiger charge is -2.17. The molecule has 116 valence electrons. The van der Waals surface area contributed by atoms with Gasteiger partial charge in [-0.15, -0.1) is 0 Å². The van der Waals surface area contributed by atoms with Gasteiger partial charge in [-0.05, 0) is 31.2 Å². The minimum atomic E-state index is -0.695. The van der Waals surface area contributed by atoms with Gasteiger partial charge in [0.1, 0.15) is 23.4 Å². The Labute approximate surface area is 127 Å². The molecule has 0 radical (unpaired) electrons. The van der Waals surface area contributed by atoms with Crippen LogP contribution in [0.15, 0.2) is 42.5 Å². The zero-order valence-corrected chi connectivity index (χ0v) is 12.2. The summed E-state index contributed by atoms with van der Waals surface area (Å²) in [5.74, 6) is -1.23. The van der Waals surface area contributed by atoms with E-state index < -0.39 is 23.6 Å². The molecule has 2 aromatic rings. The Kier molecular flexibility index (Phi) is 4.93. The van der Waals surface area contributed by atoms with Crippen LogP contribution in [0.25, 0.3) is 0 Å². The molecule has 1 amide bonds. The molecule has 22 heavy (non-hydrogen) atoms. The minimum Gasteiger partial charge on any atom is -0.495 e. The molecule has 0 bridgehead atoms. The first-order chi connectivity index (χ1) is 10.5. The van der Waals surface area contributed by atoms with E-state index in [4.69, 9.17) is 4.74 Å². The Balaban J connectivity index is 2.07. The largest absolute Gasteiger partial charge is 0.495 e. The molecule has 2 aromatic carbocycles. The molecule has 0 heterocycles. The second-order valence-electron chi connectivity index (χ2n) is 4.68. The molecule has 0 unspecified atom stereocenters. The lowest BCUT2D eigenvalue weighted by molar-refractivity contribution is -0.116. The van der Waals surface area contributed by atoms with Crippen molar-refractivity contribution in [2.24, 2.45) is 0 Å². The van der Waals surface area contributed by atoms with Gasteiger partial charge in [0.05, 0.1) is 18.5 Å². The van der Waals surface area contributed by atoms with Crippen molar-refractivity contribution in [1.29, 1.82) is 0 Å². The number of anilines is 2. The number of benzene rings is 2. The van der Waals surface area contributed by atoms with E-state index in [9.17, 15) is 13.6 Å². The predicted octanol–water partition coefficient (Wildman–Crippen LogP) is 3.41. The van der Waals surface area contributed by atoms with Crippen LogP contribution in [0, 0.1) is 11.6 Å². The topological polar surface area (TPSA) is 50.4 Å². The number of methoxy groups -OCH3 is 1. The van der Waals surface area contributed by atoms with Crippen molar-refractivity contribution in [3.8, 4) is 5.75 Å². The fourth-order valence-electron chi connectivity index (χ4n) is 1.90. The van der Waals surface area contributed by atoms with Gasteiger partial charge in [-0.3, -0.25) is 4.79 Å². The number of rotatable bonds is 5. The van der Waals surface area contributed by atoms with Crippen molar-refractivity contribution in [3.63, 3.8) is 0 Å². The number of para-hydroxylation sites is 2. The van der Waals surface area contributed by atoms with E-state index in [0.717, 1.165) is 18.2 Å². The summed E-state index contributed by atoms with van der Waals surface area (Å²) >= 11 is 0. The molecule has 2 N–H and O–H groups in total. The van der Waals surface area contributed by atoms with Gasteiger partial charge in [0.2, 0.25) is 5.91 Å². The van der Waals surface area contributed by atoms with Gasteiger partial charge in [-0.25, -0.2) is 8.78 Å². The number of hydrogen-bond acceptors (Lipinski definition) is 3. The number of halogens is 2. The number of amides is 1. The highest BCUT2D eigenvalue weighted by Crippen LogP contribution is 2.24. The smallest absolute Gasteiger partial charge is 0.246 e. The van der Waals surface area contributed by atoms with Crippen LogP contribution >= 0.6 is 0 Å². The van der Waals surface area contributed by atoms with Crippen molar-refractivity contribution in [2.75, 3.05) is 17.7 Å². The van der Waals surface area contributed by atoms with Gasteiger partial charge < -0.3 is 15.4 Å². The van der Waals surface area contributed by atoms with Gasteiger partial charge in [-0.1, -0.05) is 12.1 Å². The highest BCUT2D eigenvalue weighted by Gasteiger charge is 2.16. The normalized spacial score (nSPS) is 11.6. The summed E-state index contributed by atoms with van der Waals surface area (Å²) in [5, 5.41) is 5.31. The van der Waals surface area contributed by atoms with Crippen LogP contribution in [0.4, 0.5) is 20.2 Å².